The van der Waals surface area contributed by atoms with Gasteiger partial charge in [-0.25, -0.2) is 0 Å². The summed E-state index contributed by atoms with van der Waals surface area (Å²) in [5.74, 6) is 0.776. The number of benzene rings is 3. The standard InChI is InChI=1S/C30H20N2O/c1-2-7-21(8-3-1)24-14-16-32-28(19-24)25-10-6-9-22(17-25)23-12-13-29-26(18-23)20-30(33-29)27-11-4-5-15-31-27/h1-20H. The zero-order valence-corrected chi connectivity index (χ0v) is 17.8. The molecule has 33 heavy (non-hydrogen) atoms. The molecule has 0 aliphatic carbocycles. The molecule has 6 rings (SSSR count). The van der Waals surface area contributed by atoms with Crippen LogP contribution in [0.1, 0.15) is 0 Å². The van der Waals surface area contributed by atoms with Crippen molar-refractivity contribution in [2.24, 2.45) is 0 Å². The van der Waals surface area contributed by atoms with Gasteiger partial charge in [-0.05, 0) is 70.8 Å². The largest absolute Gasteiger partial charge is 0.454 e. The van der Waals surface area contributed by atoms with Crippen molar-refractivity contribution in [1.29, 1.82) is 0 Å². The molecule has 0 amide bonds. The summed E-state index contributed by atoms with van der Waals surface area (Å²) in [6, 6.07) is 37.3. The fraction of sp³-hybridized carbons (Fsp3) is 0. The SMILES string of the molecule is c1ccc(-c2ccnc(-c3cccc(-c4ccc5oc(-c6ccccn6)cc5c4)c3)c2)cc1. The summed E-state index contributed by atoms with van der Waals surface area (Å²) in [5, 5.41) is 1.06. The van der Waals surface area contributed by atoms with Crippen LogP contribution in [0.5, 0.6) is 0 Å². The summed E-state index contributed by atoms with van der Waals surface area (Å²) in [6.45, 7) is 0. The van der Waals surface area contributed by atoms with E-state index in [0.29, 0.717) is 0 Å². The molecule has 0 N–H and O–H groups in total. The van der Waals surface area contributed by atoms with Gasteiger partial charge in [0.25, 0.3) is 0 Å². The number of aromatic nitrogens is 2. The third-order valence-corrected chi connectivity index (χ3v) is 5.79. The van der Waals surface area contributed by atoms with Crippen LogP contribution >= 0.6 is 0 Å². The van der Waals surface area contributed by atoms with E-state index in [2.05, 4.69) is 88.8 Å². The Morgan fingerprint density at radius 1 is 0.455 bits per heavy atom. The number of pyridine rings is 2. The Hall–Kier alpha value is -4.50. The van der Waals surface area contributed by atoms with Gasteiger partial charge in [0.05, 0.1) is 5.69 Å². The van der Waals surface area contributed by atoms with Crippen molar-refractivity contribution in [3.63, 3.8) is 0 Å². The molecule has 3 aromatic heterocycles. The topological polar surface area (TPSA) is 38.9 Å². The van der Waals surface area contributed by atoms with E-state index < -0.39 is 0 Å². The lowest BCUT2D eigenvalue weighted by atomic mass is 9.99. The summed E-state index contributed by atoms with van der Waals surface area (Å²) in [4.78, 5) is 9.03. The Bertz CT molecular complexity index is 1550. The molecule has 0 atom stereocenters. The van der Waals surface area contributed by atoms with Crippen molar-refractivity contribution in [3.8, 4) is 45.0 Å². The molecule has 0 fully saturated rings. The minimum Gasteiger partial charge on any atom is -0.454 e. The molecule has 0 aliphatic heterocycles. The number of furan rings is 1. The molecule has 0 unspecified atom stereocenters. The van der Waals surface area contributed by atoms with Crippen molar-refractivity contribution in [1.82, 2.24) is 9.97 Å². The van der Waals surface area contributed by atoms with Gasteiger partial charge in [-0.1, -0.05) is 60.7 Å². The maximum atomic E-state index is 6.02. The maximum Gasteiger partial charge on any atom is 0.153 e. The van der Waals surface area contributed by atoms with Gasteiger partial charge < -0.3 is 4.42 Å². The summed E-state index contributed by atoms with van der Waals surface area (Å²) >= 11 is 0. The van der Waals surface area contributed by atoms with Gasteiger partial charge in [0.15, 0.2) is 5.76 Å². The van der Waals surface area contributed by atoms with E-state index in [-0.39, 0.29) is 0 Å². The Morgan fingerprint density at radius 2 is 1.21 bits per heavy atom. The highest BCUT2D eigenvalue weighted by atomic mass is 16.3. The van der Waals surface area contributed by atoms with E-state index in [9.17, 15) is 0 Å². The van der Waals surface area contributed by atoms with Crippen LogP contribution in [0, 0.1) is 0 Å². The third-order valence-electron chi connectivity index (χ3n) is 5.79. The average Bonchev–Trinajstić information content (AvgIpc) is 3.34. The third kappa shape index (κ3) is 3.81. The van der Waals surface area contributed by atoms with Gasteiger partial charge in [0, 0.05) is 23.3 Å². The van der Waals surface area contributed by atoms with Gasteiger partial charge in [-0.15, -0.1) is 0 Å². The fourth-order valence-corrected chi connectivity index (χ4v) is 4.11. The van der Waals surface area contributed by atoms with Gasteiger partial charge >= 0.3 is 0 Å². The molecule has 0 spiro atoms. The van der Waals surface area contributed by atoms with E-state index in [0.717, 1.165) is 50.4 Å². The summed E-state index contributed by atoms with van der Waals surface area (Å²) in [5.41, 5.74) is 8.36. The van der Waals surface area contributed by atoms with E-state index in [1.807, 2.05) is 36.5 Å². The zero-order valence-electron chi connectivity index (χ0n) is 17.8. The molecule has 156 valence electrons. The van der Waals surface area contributed by atoms with Gasteiger partial charge in [-0.3, -0.25) is 9.97 Å². The van der Waals surface area contributed by atoms with Gasteiger partial charge in [-0.2, -0.15) is 0 Å². The second kappa shape index (κ2) is 8.21. The van der Waals surface area contributed by atoms with Crippen molar-refractivity contribution < 1.29 is 4.42 Å². The van der Waals surface area contributed by atoms with Crippen LogP contribution in [0.15, 0.2) is 126 Å². The van der Waals surface area contributed by atoms with Crippen LogP contribution in [0.2, 0.25) is 0 Å². The van der Waals surface area contributed by atoms with Crippen LogP contribution in [-0.4, -0.2) is 9.97 Å². The molecular formula is C30H20N2O. The fourth-order valence-electron chi connectivity index (χ4n) is 4.11. The number of rotatable bonds is 4. The first-order valence-electron chi connectivity index (χ1n) is 10.9. The molecule has 0 radical (unpaired) electrons. The number of fused-ring (bicyclic) bond motifs is 1. The molecule has 0 saturated heterocycles. The zero-order chi connectivity index (χ0) is 22.0. The van der Waals surface area contributed by atoms with Crippen LogP contribution in [0.4, 0.5) is 0 Å². The lowest BCUT2D eigenvalue weighted by Crippen LogP contribution is -1.86. The normalized spacial score (nSPS) is 11.0. The van der Waals surface area contributed by atoms with Crippen molar-refractivity contribution in [3.05, 3.63) is 122 Å². The molecule has 0 aliphatic rings. The highest BCUT2D eigenvalue weighted by Crippen LogP contribution is 2.32. The van der Waals surface area contributed by atoms with Gasteiger partial charge in [0.1, 0.15) is 11.3 Å². The highest BCUT2D eigenvalue weighted by molar-refractivity contribution is 5.87. The van der Waals surface area contributed by atoms with E-state index in [4.69, 9.17) is 4.42 Å². The molecule has 6 aromatic rings. The quantitative estimate of drug-likeness (QED) is 0.289. The lowest BCUT2D eigenvalue weighted by molar-refractivity contribution is 0.629. The van der Waals surface area contributed by atoms with E-state index >= 15 is 0 Å². The smallest absolute Gasteiger partial charge is 0.153 e. The Labute approximate surface area is 192 Å². The second-order valence-electron chi connectivity index (χ2n) is 7.95. The minimum absolute atomic E-state index is 0.776. The monoisotopic (exact) mass is 424 g/mol. The maximum absolute atomic E-state index is 6.02. The van der Waals surface area contributed by atoms with E-state index in [1.54, 1.807) is 6.20 Å². The predicted octanol–water partition coefficient (Wildman–Crippen LogP) is 7.89. The molecule has 3 aromatic carbocycles. The van der Waals surface area contributed by atoms with Crippen LogP contribution in [0.3, 0.4) is 0 Å². The molecule has 3 heteroatoms. The molecule has 0 bridgehead atoms. The Kier molecular flexibility index (Phi) is 4.78. The van der Waals surface area contributed by atoms with Crippen LogP contribution < -0.4 is 0 Å². The van der Waals surface area contributed by atoms with Crippen molar-refractivity contribution in [2.45, 2.75) is 0 Å². The second-order valence-corrected chi connectivity index (χ2v) is 7.95. The van der Waals surface area contributed by atoms with Gasteiger partial charge in [0.2, 0.25) is 0 Å². The Balaban J connectivity index is 1.36. The first-order valence-corrected chi connectivity index (χ1v) is 10.9. The summed E-state index contributed by atoms with van der Waals surface area (Å²) in [6.07, 6.45) is 3.65. The highest BCUT2D eigenvalue weighted by Gasteiger charge is 2.10. The van der Waals surface area contributed by atoms with Crippen molar-refractivity contribution in [2.75, 3.05) is 0 Å². The number of hydrogen-bond acceptors (Lipinski definition) is 3. The molecule has 0 saturated carbocycles. The van der Waals surface area contributed by atoms with E-state index in [1.165, 1.54) is 5.56 Å². The summed E-state index contributed by atoms with van der Waals surface area (Å²) in [7, 11) is 0. The lowest BCUT2D eigenvalue weighted by Gasteiger charge is -2.08. The molecule has 3 nitrogen and oxygen atoms in total. The first-order chi connectivity index (χ1) is 16.3. The summed E-state index contributed by atoms with van der Waals surface area (Å²) < 4.78 is 6.02. The Morgan fingerprint density at radius 3 is 2.09 bits per heavy atom. The van der Waals surface area contributed by atoms with Crippen molar-refractivity contribution >= 4 is 11.0 Å². The average molecular weight is 425 g/mol. The number of hydrogen-bond donors (Lipinski definition) is 0. The molecular weight excluding hydrogens is 404 g/mol. The predicted molar refractivity (Wildman–Crippen MR) is 134 cm³/mol. The van der Waals surface area contributed by atoms with Crippen LogP contribution in [0.25, 0.3) is 55.9 Å². The van der Waals surface area contributed by atoms with Crippen LogP contribution in [-0.2, 0) is 0 Å². The number of nitrogens with zero attached hydrogens (tertiary/aromatic N) is 2. The minimum atomic E-state index is 0.776. The first kappa shape index (κ1) is 19.2. The molecule has 3 heterocycles.